The highest BCUT2D eigenvalue weighted by molar-refractivity contribution is 5.92. The smallest absolute Gasteiger partial charge is 0.371 e. The van der Waals surface area contributed by atoms with Crippen LogP contribution in [0.15, 0.2) is 30.5 Å². The standard InChI is InChI=1S/C24H29F3N6O3/c1-16(34)20-6-9-33(29-20)23(36)32-12-10-30(11-13-32)15-18-2-3-19(24(25,26)27)14-21(18)31-7-4-17(5-8-31)22(28)35/h2-3,6,9,14,17H,4-5,7-8,10-13,15H2,1H3,(H2,28,35). The molecule has 0 aliphatic carbocycles. The molecule has 2 N–H and O–H groups in total. The number of primary amides is 1. The molecule has 9 nitrogen and oxygen atoms in total. The number of carbonyl (C=O) groups excluding carboxylic acids is 3. The molecule has 194 valence electrons. The zero-order valence-corrected chi connectivity index (χ0v) is 20.0. The van der Waals surface area contributed by atoms with Crippen molar-refractivity contribution >= 4 is 23.4 Å². The molecule has 0 unspecified atom stereocenters. The summed E-state index contributed by atoms with van der Waals surface area (Å²) < 4.78 is 41.5. The van der Waals surface area contributed by atoms with E-state index in [4.69, 9.17) is 5.73 Å². The first kappa shape index (κ1) is 25.7. The first-order valence-electron chi connectivity index (χ1n) is 11.9. The molecular weight excluding hydrogens is 477 g/mol. The van der Waals surface area contributed by atoms with Crippen LogP contribution in [0, 0.1) is 5.92 Å². The molecule has 2 amide bonds. The monoisotopic (exact) mass is 506 g/mol. The minimum atomic E-state index is -4.46. The lowest BCUT2D eigenvalue weighted by Crippen LogP contribution is -2.49. The van der Waals surface area contributed by atoms with Crippen LogP contribution < -0.4 is 10.6 Å². The van der Waals surface area contributed by atoms with Crippen molar-refractivity contribution in [3.63, 3.8) is 0 Å². The highest BCUT2D eigenvalue weighted by Gasteiger charge is 2.33. The molecule has 2 aromatic rings. The summed E-state index contributed by atoms with van der Waals surface area (Å²) in [5.41, 5.74) is 6.19. The molecule has 12 heteroatoms. The van der Waals surface area contributed by atoms with E-state index >= 15 is 0 Å². The Balaban J connectivity index is 1.44. The first-order valence-corrected chi connectivity index (χ1v) is 11.9. The van der Waals surface area contributed by atoms with Gasteiger partial charge in [-0.15, -0.1) is 0 Å². The fourth-order valence-electron chi connectivity index (χ4n) is 4.67. The zero-order valence-electron chi connectivity index (χ0n) is 20.0. The number of Topliss-reactive ketones (excluding diaryl/α,β-unsaturated/α-hetero) is 1. The average molecular weight is 507 g/mol. The van der Waals surface area contributed by atoms with E-state index in [2.05, 4.69) is 10.00 Å². The van der Waals surface area contributed by atoms with Crippen LogP contribution in [-0.2, 0) is 17.5 Å². The Morgan fingerprint density at radius 2 is 1.69 bits per heavy atom. The molecule has 3 heterocycles. The topological polar surface area (TPSA) is 105 Å². The third-order valence-corrected chi connectivity index (χ3v) is 6.83. The van der Waals surface area contributed by atoms with Gasteiger partial charge in [-0.1, -0.05) is 6.07 Å². The summed E-state index contributed by atoms with van der Waals surface area (Å²) in [5.74, 6) is -0.862. The number of alkyl halides is 3. The molecule has 2 saturated heterocycles. The molecule has 0 bridgehead atoms. The van der Waals surface area contributed by atoms with Crippen LogP contribution in [0.5, 0.6) is 0 Å². The van der Waals surface area contributed by atoms with Crippen LogP contribution in [0.2, 0.25) is 0 Å². The van der Waals surface area contributed by atoms with Crippen molar-refractivity contribution in [3.05, 3.63) is 47.3 Å². The fraction of sp³-hybridized carbons (Fsp3) is 0.500. The highest BCUT2D eigenvalue weighted by atomic mass is 19.4. The molecule has 0 saturated carbocycles. The summed E-state index contributed by atoms with van der Waals surface area (Å²) in [6.45, 7) is 4.65. The van der Waals surface area contributed by atoms with Crippen molar-refractivity contribution in [1.29, 1.82) is 0 Å². The Morgan fingerprint density at radius 1 is 1.03 bits per heavy atom. The second-order valence-corrected chi connectivity index (χ2v) is 9.25. The van der Waals surface area contributed by atoms with Crippen LogP contribution in [0.25, 0.3) is 0 Å². The second-order valence-electron chi connectivity index (χ2n) is 9.25. The van der Waals surface area contributed by atoms with E-state index in [-0.39, 0.29) is 29.3 Å². The van der Waals surface area contributed by atoms with Crippen molar-refractivity contribution in [2.75, 3.05) is 44.2 Å². The van der Waals surface area contributed by atoms with Gasteiger partial charge in [0, 0.05) is 70.5 Å². The van der Waals surface area contributed by atoms with E-state index in [0.29, 0.717) is 64.3 Å². The minimum Gasteiger partial charge on any atom is -0.371 e. The summed E-state index contributed by atoms with van der Waals surface area (Å²) in [4.78, 5) is 41.3. The number of rotatable bonds is 5. The lowest BCUT2D eigenvalue weighted by atomic mass is 9.95. The second kappa shape index (κ2) is 10.3. The van der Waals surface area contributed by atoms with Crippen molar-refractivity contribution in [1.82, 2.24) is 19.6 Å². The number of amides is 2. The maximum atomic E-state index is 13.4. The number of aromatic nitrogens is 2. The fourth-order valence-corrected chi connectivity index (χ4v) is 4.67. The summed E-state index contributed by atoms with van der Waals surface area (Å²) in [7, 11) is 0. The van der Waals surface area contributed by atoms with Crippen LogP contribution in [-0.4, -0.2) is 76.6 Å². The van der Waals surface area contributed by atoms with Crippen LogP contribution in [0.4, 0.5) is 23.7 Å². The van der Waals surface area contributed by atoms with Gasteiger partial charge >= 0.3 is 12.2 Å². The Bertz CT molecular complexity index is 1130. The summed E-state index contributed by atoms with van der Waals surface area (Å²) >= 11 is 0. The third-order valence-electron chi connectivity index (χ3n) is 6.83. The molecule has 0 radical (unpaired) electrons. The van der Waals surface area contributed by atoms with Gasteiger partial charge in [0.2, 0.25) is 5.91 Å². The number of halogens is 3. The third kappa shape index (κ3) is 5.69. The molecule has 0 spiro atoms. The summed E-state index contributed by atoms with van der Waals surface area (Å²) in [6, 6.07) is 4.97. The predicted molar refractivity (Wildman–Crippen MR) is 125 cm³/mol. The summed E-state index contributed by atoms with van der Waals surface area (Å²) in [5, 5.41) is 4.02. The van der Waals surface area contributed by atoms with Crippen LogP contribution in [0.1, 0.15) is 41.4 Å². The molecule has 0 atom stereocenters. The number of anilines is 1. The average Bonchev–Trinajstić information content (AvgIpc) is 3.34. The SMILES string of the molecule is CC(=O)c1ccn(C(=O)N2CCN(Cc3ccc(C(F)(F)F)cc3N3CCC(C(N)=O)CC3)CC2)n1. The molecule has 1 aromatic heterocycles. The number of piperidine rings is 1. The first-order chi connectivity index (χ1) is 17.0. The van der Waals surface area contributed by atoms with E-state index in [1.54, 1.807) is 4.90 Å². The quantitative estimate of drug-likeness (QED) is 0.626. The van der Waals surface area contributed by atoms with E-state index in [9.17, 15) is 27.6 Å². The maximum Gasteiger partial charge on any atom is 0.416 e. The molecule has 2 aliphatic heterocycles. The number of ketones is 1. The Hall–Kier alpha value is -3.41. The van der Waals surface area contributed by atoms with Gasteiger partial charge in [-0.05, 0) is 36.6 Å². The van der Waals surface area contributed by atoms with Crippen LogP contribution >= 0.6 is 0 Å². The molecule has 2 aliphatic rings. The van der Waals surface area contributed by atoms with Gasteiger partial charge < -0.3 is 15.5 Å². The Kier molecular flexibility index (Phi) is 7.34. The molecule has 36 heavy (non-hydrogen) atoms. The number of piperazine rings is 1. The van der Waals surface area contributed by atoms with Crippen molar-refractivity contribution in [2.24, 2.45) is 11.7 Å². The van der Waals surface area contributed by atoms with E-state index in [1.165, 1.54) is 31.3 Å². The number of carbonyl (C=O) groups is 3. The molecular formula is C24H29F3N6O3. The van der Waals surface area contributed by atoms with Gasteiger partial charge in [0.1, 0.15) is 5.69 Å². The van der Waals surface area contributed by atoms with Gasteiger partial charge in [0.25, 0.3) is 0 Å². The van der Waals surface area contributed by atoms with Crippen molar-refractivity contribution in [3.8, 4) is 0 Å². The lowest BCUT2D eigenvalue weighted by Gasteiger charge is -2.37. The number of benzene rings is 1. The molecule has 4 rings (SSSR count). The maximum absolute atomic E-state index is 13.4. The Morgan fingerprint density at radius 3 is 2.25 bits per heavy atom. The Labute approximate surface area is 206 Å². The van der Waals surface area contributed by atoms with Gasteiger partial charge in [0.15, 0.2) is 5.78 Å². The largest absolute Gasteiger partial charge is 0.416 e. The van der Waals surface area contributed by atoms with Crippen molar-refractivity contribution < 1.29 is 27.6 Å². The normalized spacial score (nSPS) is 17.9. The predicted octanol–water partition coefficient (Wildman–Crippen LogP) is 2.59. The highest BCUT2D eigenvalue weighted by Crippen LogP contribution is 2.35. The zero-order chi connectivity index (χ0) is 26.0. The number of nitrogens with two attached hydrogens (primary N) is 1. The lowest BCUT2D eigenvalue weighted by molar-refractivity contribution is -0.137. The number of nitrogens with zero attached hydrogens (tertiary/aromatic N) is 5. The van der Waals surface area contributed by atoms with Crippen LogP contribution in [0.3, 0.4) is 0 Å². The molecule has 1 aromatic carbocycles. The van der Waals surface area contributed by atoms with E-state index in [0.717, 1.165) is 16.3 Å². The van der Waals surface area contributed by atoms with Gasteiger partial charge in [0.05, 0.1) is 5.56 Å². The molecule has 2 fully saturated rings. The van der Waals surface area contributed by atoms with Gasteiger partial charge in [-0.3, -0.25) is 14.5 Å². The van der Waals surface area contributed by atoms with Gasteiger partial charge in [-0.2, -0.15) is 23.0 Å². The van der Waals surface area contributed by atoms with Gasteiger partial charge in [-0.25, -0.2) is 4.79 Å². The summed E-state index contributed by atoms with van der Waals surface area (Å²) in [6.07, 6.45) is -1.99. The van der Waals surface area contributed by atoms with Crippen molar-refractivity contribution in [2.45, 2.75) is 32.5 Å². The minimum absolute atomic E-state index is 0.219. The van der Waals surface area contributed by atoms with E-state index < -0.39 is 11.7 Å². The number of hydrogen-bond donors (Lipinski definition) is 1. The number of hydrogen-bond acceptors (Lipinski definition) is 6. The van der Waals surface area contributed by atoms with E-state index in [1.807, 2.05) is 4.90 Å².